The minimum absolute atomic E-state index is 0.0105. The molecule has 3 rings (SSSR count). The van der Waals surface area contributed by atoms with Gasteiger partial charge in [-0.15, -0.1) is 0 Å². The van der Waals surface area contributed by atoms with Crippen LogP contribution in [-0.2, 0) is 4.79 Å². The largest absolute Gasteiger partial charge is 0.366 e. The molecule has 7 nitrogen and oxygen atoms in total. The van der Waals surface area contributed by atoms with Gasteiger partial charge < -0.3 is 9.80 Å². The SMILES string of the molecule is N#Cc1ccc(N2CCC(CN3CCCCC3=O)CC2)c([N+](=O)[O-])c1. The van der Waals surface area contributed by atoms with Crippen molar-refractivity contribution < 1.29 is 9.72 Å². The van der Waals surface area contributed by atoms with E-state index in [2.05, 4.69) is 0 Å². The van der Waals surface area contributed by atoms with Crippen LogP contribution in [0, 0.1) is 27.4 Å². The lowest BCUT2D eigenvalue weighted by Gasteiger charge is -2.36. The van der Waals surface area contributed by atoms with Crippen LogP contribution in [0.2, 0.25) is 0 Å². The fourth-order valence-corrected chi connectivity index (χ4v) is 3.73. The van der Waals surface area contributed by atoms with Gasteiger partial charge in [0.2, 0.25) is 5.91 Å². The number of hydrogen-bond donors (Lipinski definition) is 0. The van der Waals surface area contributed by atoms with E-state index in [1.165, 1.54) is 6.07 Å². The highest BCUT2D eigenvalue weighted by atomic mass is 16.6. The highest BCUT2D eigenvalue weighted by Crippen LogP contribution is 2.32. The van der Waals surface area contributed by atoms with Gasteiger partial charge in [0.1, 0.15) is 5.69 Å². The number of rotatable bonds is 4. The molecule has 0 unspecified atom stereocenters. The number of nitriles is 1. The zero-order chi connectivity index (χ0) is 17.8. The van der Waals surface area contributed by atoms with Crippen molar-refractivity contribution in [1.82, 2.24) is 4.90 Å². The molecule has 2 fully saturated rings. The predicted molar refractivity (Wildman–Crippen MR) is 93.2 cm³/mol. The molecule has 0 spiro atoms. The fourth-order valence-electron chi connectivity index (χ4n) is 3.73. The van der Waals surface area contributed by atoms with Crippen LogP contribution in [0.3, 0.4) is 0 Å². The van der Waals surface area contributed by atoms with Gasteiger partial charge in [0.15, 0.2) is 0 Å². The molecular formula is C18H22N4O3. The van der Waals surface area contributed by atoms with Crippen LogP contribution in [0.4, 0.5) is 11.4 Å². The van der Waals surface area contributed by atoms with E-state index in [-0.39, 0.29) is 11.6 Å². The van der Waals surface area contributed by atoms with Crippen LogP contribution in [0.5, 0.6) is 0 Å². The van der Waals surface area contributed by atoms with Crippen molar-refractivity contribution in [3.05, 3.63) is 33.9 Å². The topological polar surface area (TPSA) is 90.5 Å². The maximum absolute atomic E-state index is 11.9. The maximum atomic E-state index is 11.9. The molecule has 0 aliphatic carbocycles. The molecule has 0 atom stereocenters. The number of nitrogens with zero attached hydrogens (tertiary/aromatic N) is 4. The molecule has 1 amide bonds. The van der Waals surface area contributed by atoms with Crippen molar-refractivity contribution in [2.45, 2.75) is 32.1 Å². The number of nitro groups is 1. The molecule has 1 aromatic carbocycles. The summed E-state index contributed by atoms with van der Waals surface area (Å²) in [7, 11) is 0. The number of carbonyl (C=O) groups excluding carboxylic acids is 1. The monoisotopic (exact) mass is 342 g/mol. The zero-order valence-corrected chi connectivity index (χ0v) is 14.2. The molecule has 7 heteroatoms. The van der Waals surface area contributed by atoms with E-state index in [1.807, 2.05) is 15.9 Å². The van der Waals surface area contributed by atoms with Gasteiger partial charge >= 0.3 is 0 Å². The van der Waals surface area contributed by atoms with E-state index in [9.17, 15) is 14.9 Å². The highest BCUT2D eigenvalue weighted by Gasteiger charge is 2.28. The molecular weight excluding hydrogens is 320 g/mol. The van der Waals surface area contributed by atoms with Crippen molar-refractivity contribution in [3.63, 3.8) is 0 Å². The molecule has 0 bridgehead atoms. The highest BCUT2D eigenvalue weighted by molar-refractivity contribution is 5.76. The molecule has 2 saturated heterocycles. The molecule has 132 valence electrons. The number of nitro benzene ring substituents is 1. The van der Waals surface area contributed by atoms with Gasteiger partial charge in [-0.1, -0.05) is 0 Å². The Morgan fingerprint density at radius 3 is 2.64 bits per heavy atom. The van der Waals surface area contributed by atoms with E-state index in [4.69, 9.17) is 5.26 Å². The summed E-state index contributed by atoms with van der Waals surface area (Å²) in [5.41, 5.74) is 0.870. The first-order valence-electron chi connectivity index (χ1n) is 8.79. The van der Waals surface area contributed by atoms with Gasteiger partial charge in [0.05, 0.1) is 16.6 Å². The second-order valence-corrected chi connectivity index (χ2v) is 6.80. The second kappa shape index (κ2) is 7.51. The summed E-state index contributed by atoms with van der Waals surface area (Å²) in [6.45, 7) is 3.14. The molecule has 0 aromatic heterocycles. The van der Waals surface area contributed by atoms with E-state index < -0.39 is 4.92 Å². The first-order valence-corrected chi connectivity index (χ1v) is 8.79. The van der Waals surface area contributed by atoms with Crippen LogP contribution in [0.1, 0.15) is 37.7 Å². The number of anilines is 1. The fraction of sp³-hybridized carbons (Fsp3) is 0.556. The lowest BCUT2D eigenvalue weighted by atomic mass is 9.94. The second-order valence-electron chi connectivity index (χ2n) is 6.80. The number of hydrogen-bond acceptors (Lipinski definition) is 5. The number of piperidine rings is 2. The van der Waals surface area contributed by atoms with E-state index in [0.29, 0.717) is 23.6 Å². The summed E-state index contributed by atoms with van der Waals surface area (Å²) in [5, 5.41) is 20.3. The van der Waals surface area contributed by atoms with Gasteiger partial charge in [-0.05, 0) is 43.7 Å². The smallest absolute Gasteiger partial charge is 0.293 e. The lowest BCUT2D eigenvalue weighted by molar-refractivity contribution is -0.384. The molecule has 0 radical (unpaired) electrons. The van der Waals surface area contributed by atoms with Crippen LogP contribution in [-0.4, -0.2) is 41.9 Å². The number of benzene rings is 1. The molecule has 0 saturated carbocycles. The third-order valence-electron chi connectivity index (χ3n) is 5.16. The van der Waals surface area contributed by atoms with Crippen molar-refractivity contribution >= 4 is 17.3 Å². The first kappa shape index (κ1) is 17.2. The third kappa shape index (κ3) is 3.90. The van der Waals surface area contributed by atoms with Gasteiger partial charge in [0.25, 0.3) is 5.69 Å². The number of amides is 1. The molecule has 2 heterocycles. The summed E-state index contributed by atoms with van der Waals surface area (Å²) in [6, 6.07) is 6.59. The Kier molecular flexibility index (Phi) is 5.17. The number of carbonyl (C=O) groups is 1. The minimum Gasteiger partial charge on any atom is -0.366 e. The van der Waals surface area contributed by atoms with Crippen molar-refractivity contribution in [2.75, 3.05) is 31.1 Å². The molecule has 2 aliphatic heterocycles. The van der Waals surface area contributed by atoms with Crippen LogP contribution in [0.15, 0.2) is 18.2 Å². The Balaban J connectivity index is 1.63. The van der Waals surface area contributed by atoms with Gasteiger partial charge in [0, 0.05) is 38.7 Å². The van der Waals surface area contributed by atoms with Crippen molar-refractivity contribution in [2.24, 2.45) is 5.92 Å². The van der Waals surface area contributed by atoms with Crippen LogP contribution < -0.4 is 4.90 Å². The molecule has 2 aliphatic rings. The summed E-state index contributed by atoms with van der Waals surface area (Å²) in [4.78, 5) is 26.8. The van der Waals surface area contributed by atoms with Crippen LogP contribution in [0.25, 0.3) is 0 Å². The van der Waals surface area contributed by atoms with Gasteiger partial charge in [-0.3, -0.25) is 14.9 Å². The Bertz CT molecular complexity index is 705. The van der Waals surface area contributed by atoms with Gasteiger partial charge in [-0.2, -0.15) is 5.26 Å². The van der Waals surface area contributed by atoms with Crippen molar-refractivity contribution in [1.29, 1.82) is 5.26 Å². The Morgan fingerprint density at radius 1 is 1.24 bits per heavy atom. The lowest BCUT2D eigenvalue weighted by Crippen LogP contribution is -2.42. The average molecular weight is 342 g/mol. The zero-order valence-electron chi connectivity index (χ0n) is 14.2. The number of likely N-dealkylation sites (tertiary alicyclic amines) is 1. The van der Waals surface area contributed by atoms with Crippen LogP contribution >= 0.6 is 0 Å². The molecule has 0 N–H and O–H groups in total. The normalized spacial score (nSPS) is 18.9. The minimum atomic E-state index is -0.422. The van der Waals surface area contributed by atoms with E-state index >= 15 is 0 Å². The molecule has 25 heavy (non-hydrogen) atoms. The summed E-state index contributed by atoms with van der Waals surface area (Å²) < 4.78 is 0. The Morgan fingerprint density at radius 2 is 2.00 bits per heavy atom. The maximum Gasteiger partial charge on any atom is 0.293 e. The standard InChI is InChI=1S/C18H22N4O3/c19-12-15-4-5-16(17(11-15)22(24)25)20-9-6-14(7-10-20)13-21-8-2-1-3-18(21)23/h4-5,11,14H,1-3,6-10,13H2. The Hall–Kier alpha value is -2.62. The first-order chi connectivity index (χ1) is 12.1. The summed E-state index contributed by atoms with van der Waals surface area (Å²) in [6.07, 6.45) is 4.58. The summed E-state index contributed by atoms with van der Waals surface area (Å²) >= 11 is 0. The van der Waals surface area contributed by atoms with E-state index in [1.54, 1.807) is 12.1 Å². The quantitative estimate of drug-likeness (QED) is 0.620. The predicted octanol–water partition coefficient (Wildman–Crippen LogP) is 2.70. The third-order valence-corrected chi connectivity index (χ3v) is 5.16. The average Bonchev–Trinajstić information content (AvgIpc) is 2.64. The molecule has 1 aromatic rings. The Labute approximate surface area is 147 Å². The van der Waals surface area contributed by atoms with Crippen molar-refractivity contribution in [3.8, 4) is 6.07 Å². The summed E-state index contributed by atoms with van der Waals surface area (Å²) in [5.74, 6) is 0.715. The van der Waals surface area contributed by atoms with Gasteiger partial charge in [-0.25, -0.2) is 0 Å². The van der Waals surface area contributed by atoms with E-state index in [0.717, 1.165) is 51.9 Å².